The Balaban J connectivity index is 1.92. The molecule has 0 saturated heterocycles. The van der Waals surface area contributed by atoms with Gasteiger partial charge in [-0.05, 0) is 13.0 Å². The maximum absolute atomic E-state index is 12.0. The smallest absolute Gasteiger partial charge is 0.305 e. The predicted octanol–water partition coefficient (Wildman–Crippen LogP) is 1.03. The second kappa shape index (κ2) is 6.75. The number of para-hydroxylation sites is 1. The van der Waals surface area contributed by atoms with E-state index in [9.17, 15) is 14.4 Å². The van der Waals surface area contributed by atoms with Crippen LogP contribution in [-0.4, -0.2) is 24.3 Å². The van der Waals surface area contributed by atoms with Crippen LogP contribution in [0.5, 0.6) is 0 Å². The van der Waals surface area contributed by atoms with Gasteiger partial charge in [0, 0.05) is 30.8 Å². The largest absolute Gasteiger partial charge is 0.451 e. The summed E-state index contributed by atoms with van der Waals surface area (Å²) < 4.78 is 5.49. The van der Waals surface area contributed by atoms with Crippen LogP contribution in [0.3, 0.4) is 0 Å². The van der Waals surface area contributed by atoms with Gasteiger partial charge in [-0.1, -0.05) is 18.2 Å². The first-order chi connectivity index (χ1) is 10.5. The molecule has 1 heterocycles. The zero-order valence-electron chi connectivity index (χ0n) is 12.4. The fourth-order valence-electron chi connectivity index (χ4n) is 1.99. The molecule has 7 heteroatoms. The maximum atomic E-state index is 12.0. The Bertz CT molecular complexity index is 721. The molecule has 2 rings (SSSR count). The zero-order chi connectivity index (χ0) is 16.1. The summed E-state index contributed by atoms with van der Waals surface area (Å²) in [4.78, 5) is 34.2. The van der Waals surface area contributed by atoms with Gasteiger partial charge in [-0.15, -0.1) is 0 Å². The van der Waals surface area contributed by atoms with Crippen LogP contribution in [0.4, 0.5) is 0 Å². The molecule has 116 valence electrons. The molecule has 0 saturated carbocycles. The summed E-state index contributed by atoms with van der Waals surface area (Å²) in [6.45, 7) is 3.35. The molecule has 0 atom stereocenters. The van der Waals surface area contributed by atoms with E-state index in [1.807, 2.05) is 18.2 Å². The molecule has 0 aliphatic carbocycles. The SMILES string of the molecule is CC(=O)NCCC(=O)NNC(=O)c1oc2ccccc2c1C. The van der Waals surface area contributed by atoms with Gasteiger partial charge in [0.15, 0.2) is 5.76 Å². The lowest BCUT2D eigenvalue weighted by Gasteiger charge is -2.06. The van der Waals surface area contributed by atoms with Crippen LogP contribution in [-0.2, 0) is 9.59 Å². The van der Waals surface area contributed by atoms with Gasteiger partial charge in [-0.3, -0.25) is 25.2 Å². The second-order valence-electron chi connectivity index (χ2n) is 4.79. The monoisotopic (exact) mass is 303 g/mol. The fourth-order valence-corrected chi connectivity index (χ4v) is 1.99. The lowest BCUT2D eigenvalue weighted by Crippen LogP contribution is -2.42. The van der Waals surface area contributed by atoms with Crippen LogP contribution >= 0.6 is 0 Å². The summed E-state index contributed by atoms with van der Waals surface area (Å²) in [5.74, 6) is -0.990. The molecule has 0 unspecified atom stereocenters. The number of fused-ring (bicyclic) bond motifs is 1. The van der Waals surface area contributed by atoms with E-state index in [0.717, 1.165) is 5.39 Å². The van der Waals surface area contributed by atoms with Gasteiger partial charge in [0.25, 0.3) is 0 Å². The molecule has 0 fully saturated rings. The quantitative estimate of drug-likeness (QED) is 0.734. The maximum Gasteiger partial charge on any atom is 0.305 e. The van der Waals surface area contributed by atoms with E-state index in [4.69, 9.17) is 4.42 Å². The predicted molar refractivity (Wildman–Crippen MR) is 79.9 cm³/mol. The summed E-state index contributed by atoms with van der Waals surface area (Å²) in [7, 11) is 0. The van der Waals surface area contributed by atoms with Crippen molar-refractivity contribution in [2.75, 3.05) is 6.54 Å². The van der Waals surface area contributed by atoms with Crippen LogP contribution in [0.15, 0.2) is 28.7 Å². The zero-order valence-corrected chi connectivity index (χ0v) is 12.4. The van der Waals surface area contributed by atoms with E-state index < -0.39 is 11.8 Å². The van der Waals surface area contributed by atoms with E-state index in [-0.39, 0.29) is 24.6 Å². The molecule has 1 aromatic carbocycles. The Morgan fingerprint density at radius 1 is 1.14 bits per heavy atom. The number of aryl methyl sites for hydroxylation is 1. The molecule has 0 radical (unpaired) electrons. The lowest BCUT2D eigenvalue weighted by molar-refractivity contribution is -0.122. The number of hydrogen-bond acceptors (Lipinski definition) is 4. The minimum absolute atomic E-state index is 0.0684. The molecular formula is C15H17N3O4. The Morgan fingerprint density at radius 3 is 2.55 bits per heavy atom. The molecule has 2 aromatic rings. The number of furan rings is 1. The van der Waals surface area contributed by atoms with Crippen LogP contribution in [0.1, 0.15) is 29.5 Å². The van der Waals surface area contributed by atoms with Crippen molar-refractivity contribution in [1.82, 2.24) is 16.2 Å². The summed E-state index contributed by atoms with van der Waals surface area (Å²) in [6.07, 6.45) is 0.0684. The average molecular weight is 303 g/mol. The Labute approximate surface area is 127 Å². The van der Waals surface area contributed by atoms with Crippen LogP contribution in [0, 0.1) is 6.92 Å². The Hall–Kier alpha value is -2.83. The summed E-state index contributed by atoms with van der Waals surface area (Å²) >= 11 is 0. The van der Waals surface area contributed by atoms with Crippen molar-refractivity contribution in [2.24, 2.45) is 0 Å². The molecule has 0 bridgehead atoms. The minimum atomic E-state index is -0.526. The third kappa shape index (κ3) is 3.63. The van der Waals surface area contributed by atoms with Crippen molar-refractivity contribution >= 4 is 28.7 Å². The number of hydrogen-bond donors (Lipinski definition) is 3. The molecule has 1 aromatic heterocycles. The molecule has 0 aliphatic rings. The van der Waals surface area contributed by atoms with Gasteiger partial charge >= 0.3 is 5.91 Å². The normalized spacial score (nSPS) is 10.3. The van der Waals surface area contributed by atoms with Gasteiger partial charge in [-0.25, -0.2) is 0 Å². The van der Waals surface area contributed by atoms with E-state index in [1.54, 1.807) is 13.0 Å². The molecule has 7 nitrogen and oxygen atoms in total. The highest BCUT2D eigenvalue weighted by molar-refractivity contribution is 5.99. The van der Waals surface area contributed by atoms with Crippen LogP contribution < -0.4 is 16.2 Å². The number of carbonyl (C=O) groups is 3. The number of nitrogens with one attached hydrogen (secondary N) is 3. The molecule has 3 N–H and O–H groups in total. The first-order valence-corrected chi connectivity index (χ1v) is 6.81. The number of carbonyl (C=O) groups excluding carboxylic acids is 3. The highest BCUT2D eigenvalue weighted by atomic mass is 16.3. The minimum Gasteiger partial charge on any atom is -0.451 e. The van der Waals surface area contributed by atoms with Crippen molar-refractivity contribution in [1.29, 1.82) is 0 Å². The average Bonchev–Trinajstić information content (AvgIpc) is 2.82. The molecule has 0 aliphatic heterocycles. The van der Waals surface area contributed by atoms with Gasteiger partial charge in [0.1, 0.15) is 5.58 Å². The van der Waals surface area contributed by atoms with Gasteiger partial charge < -0.3 is 9.73 Å². The highest BCUT2D eigenvalue weighted by Crippen LogP contribution is 2.24. The van der Waals surface area contributed by atoms with E-state index >= 15 is 0 Å². The van der Waals surface area contributed by atoms with Crippen LogP contribution in [0.2, 0.25) is 0 Å². The third-order valence-corrected chi connectivity index (χ3v) is 3.09. The molecule has 0 spiro atoms. The Kier molecular flexibility index (Phi) is 4.77. The van der Waals surface area contributed by atoms with Crippen molar-refractivity contribution in [3.8, 4) is 0 Å². The topological polar surface area (TPSA) is 100 Å². The van der Waals surface area contributed by atoms with Crippen LogP contribution in [0.25, 0.3) is 11.0 Å². The van der Waals surface area contributed by atoms with Crippen molar-refractivity contribution < 1.29 is 18.8 Å². The van der Waals surface area contributed by atoms with Gasteiger partial charge in [0.05, 0.1) is 0 Å². The number of amides is 3. The first kappa shape index (κ1) is 15.6. The van der Waals surface area contributed by atoms with Gasteiger partial charge in [0.2, 0.25) is 11.8 Å². The number of benzene rings is 1. The second-order valence-corrected chi connectivity index (χ2v) is 4.79. The van der Waals surface area contributed by atoms with E-state index in [0.29, 0.717) is 11.1 Å². The summed E-state index contributed by atoms with van der Waals surface area (Å²) in [6, 6.07) is 7.30. The van der Waals surface area contributed by atoms with Crippen molar-refractivity contribution in [3.63, 3.8) is 0 Å². The molecule has 3 amide bonds. The fraction of sp³-hybridized carbons (Fsp3) is 0.267. The van der Waals surface area contributed by atoms with Crippen molar-refractivity contribution in [2.45, 2.75) is 20.3 Å². The third-order valence-electron chi connectivity index (χ3n) is 3.09. The first-order valence-electron chi connectivity index (χ1n) is 6.81. The molecule has 22 heavy (non-hydrogen) atoms. The van der Waals surface area contributed by atoms with E-state index in [1.165, 1.54) is 6.92 Å². The summed E-state index contributed by atoms with van der Waals surface area (Å²) in [5, 5.41) is 3.34. The summed E-state index contributed by atoms with van der Waals surface area (Å²) in [5.41, 5.74) is 5.89. The number of rotatable bonds is 4. The standard InChI is InChI=1S/C15H17N3O4/c1-9-11-5-3-4-6-12(11)22-14(9)15(21)18-17-13(20)7-8-16-10(2)19/h3-6H,7-8H2,1-2H3,(H,16,19)(H,17,20)(H,18,21). The lowest BCUT2D eigenvalue weighted by atomic mass is 10.1. The van der Waals surface area contributed by atoms with E-state index in [2.05, 4.69) is 16.2 Å². The van der Waals surface area contributed by atoms with Crippen molar-refractivity contribution in [3.05, 3.63) is 35.6 Å². The highest BCUT2D eigenvalue weighted by Gasteiger charge is 2.17. The number of hydrazine groups is 1. The molecular weight excluding hydrogens is 286 g/mol. The van der Waals surface area contributed by atoms with Gasteiger partial charge in [-0.2, -0.15) is 0 Å². The Morgan fingerprint density at radius 2 is 1.86 bits per heavy atom.